The van der Waals surface area contributed by atoms with Gasteiger partial charge in [0.05, 0.1) is 12.8 Å². The minimum Gasteiger partial charge on any atom is -0.355 e. The Hall–Kier alpha value is -1.47. The van der Waals surface area contributed by atoms with E-state index in [-0.39, 0.29) is 31.2 Å². The summed E-state index contributed by atoms with van der Waals surface area (Å²) >= 11 is 0. The predicted molar refractivity (Wildman–Crippen MR) is 89.0 cm³/mol. The Morgan fingerprint density at radius 3 is 2.52 bits per heavy atom. The van der Waals surface area contributed by atoms with Crippen molar-refractivity contribution in [1.82, 2.24) is 9.62 Å². The van der Waals surface area contributed by atoms with Crippen LogP contribution < -0.4 is 5.32 Å². The summed E-state index contributed by atoms with van der Waals surface area (Å²) in [6.07, 6.45) is 2.11. The van der Waals surface area contributed by atoms with Crippen LogP contribution >= 0.6 is 0 Å². The smallest absolute Gasteiger partial charge is 0.235 e. The fraction of sp³-hybridized carbons (Fsp3) is 0.562. The molecule has 23 heavy (non-hydrogen) atoms. The van der Waals surface area contributed by atoms with Crippen molar-refractivity contribution in [3.8, 4) is 0 Å². The number of hydrogen-bond acceptors (Lipinski definition) is 3. The molecule has 0 unspecified atom stereocenters. The number of nitrogens with zero attached hydrogens (tertiary/aromatic N) is 1. The molecule has 5 nitrogen and oxygen atoms in total. The van der Waals surface area contributed by atoms with Crippen LogP contribution in [0.3, 0.4) is 0 Å². The van der Waals surface area contributed by atoms with Crippen LogP contribution in [-0.2, 0) is 21.2 Å². The Morgan fingerprint density at radius 2 is 1.96 bits per heavy atom. The molecule has 1 aromatic carbocycles. The number of carbonyl (C=O) groups excluding carboxylic acids is 1. The van der Waals surface area contributed by atoms with Crippen molar-refractivity contribution < 1.29 is 17.6 Å². The van der Waals surface area contributed by atoms with E-state index in [9.17, 15) is 17.6 Å². The zero-order valence-corrected chi connectivity index (χ0v) is 14.7. The van der Waals surface area contributed by atoms with Gasteiger partial charge in [-0.3, -0.25) is 4.79 Å². The first-order chi connectivity index (χ1) is 10.7. The zero-order valence-electron chi connectivity index (χ0n) is 13.9. The summed E-state index contributed by atoms with van der Waals surface area (Å²) in [4.78, 5) is 11.9. The summed E-state index contributed by atoms with van der Waals surface area (Å²) < 4.78 is 38.3. The lowest BCUT2D eigenvalue weighted by Crippen LogP contribution is -2.41. The van der Waals surface area contributed by atoms with Gasteiger partial charge in [0, 0.05) is 13.1 Å². The SMILES string of the molecule is CC(C)CCNC(=O)CN(CCc1ccccc1F)S(C)(=O)=O. The number of carbonyl (C=O) groups is 1. The monoisotopic (exact) mass is 344 g/mol. The Balaban J connectivity index is 2.60. The number of amides is 1. The third-order valence-electron chi connectivity index (χ3n) is 3.42. The van der Waals surface area contributed by atoms with Crippen LogP contribution in [0, 0.1) is 11.7 Å². The van der Waals surface area contributed by atoms with Crippen molar-refractivity contribution in [3.05, 3.63) is 35.6 Å². The quantitative estimate of drug-likeness (QED) is 0.743. The molecule has 1 N–H and O–H groups in total. The van der Waals surface area contributed by atoms with E-state index >= 15 is 0 Å². The number of halogens is 1. The lowest BCUT2D eigenvalue weighted by molar-refractivity contribution is -0.121. The molecule has 1 aromatic rings. The van der Waals surface area contributed by atoms with E-state index in [0.717, 1.165) is 17.0 Å². The molecule has 0 bridgehead atoms. The van der Waals surface area contributed by atoms with Gasteiger partial charge in [0.2, 0.25) is 15.9 Å². The largest absolute Gasteiger partial charge is 0.355 e. The molecule has 130 valence electrons. The molecule has 1 amide bonds. The van der Waals surface area contributed by atoms with E-state index in [1.807, 2.05) is 13.8 Å². The van der Waals surface area contributed by atoms with Crippen LogP contribution in [0.4, 0.5) is 4.39 Å². The first-order valence-electron chi connectivity index (χ1n) is 7.65. The topological polar surface area (TPSA) is 66.5 Å². The molecule has 0 aliphatic heterocycles. The molecule has 1 rings (SSSR count). The number of nitrogens with one attached hydrogen (secondary N) is 1. The maximum atomic E-state index is 13.6. The molecule has 0 atom stereocenters. The third-order valence-corrected chi connectivity index (χ3v) is 4.67. The molecule has 0 heterocycles. The summed E-state index contributed by atoms with van der Waals surface area (Å²) in [6.45, 7) is 4.43. The van der Waals surface area contributed by atoms with E-state index in [4.69, 9.17) is 0 Å². The van der Waals surface area contributed by atoms with Gasteiger partial charge in [-0.05, 0) is 30.4 Å². The number of hydrogen-bond donors (Lipinski definition) is 1. The van der Waals surface area contributed by atoms with Crippen LogP contribution in [0.1, 0.15) is 25.8 Å². The van der Waals surface area contributed by atoms with Gasteiger partial charge in [0.1, 0.15) is 5.82 Å². The minimum absolute atomic E-state index is 0.0668. The highest BCUT2D eigenvalue weighted by atomic mass is 32.2. The van der Waals surface area contributed by atoms with Crippen LogP contribution in [0.2, 0.25) is 0 Å². The predicted octanol–water partition coefficient (Wildman–Crippen LogP) is 1.79. The van der Waals surface area contributed by atoms with E-state index < -0.39 is 10.0 Å². The molecule has 0 saturated heterocycles. The second-order valence-corrected chi connectivity index (χ2v) is 7.95. The molecule has 0 spiro atoms. The summed E-state index contributed by atoms with van der Waals surface area (Å²) in [5.74, 6) is -0.255. The number of benzene rings is 1. The molecule has 0 fully saturated rings. The normalized spacial score (nSPS) is 11.9. The number of rotatable bonds is 9. The van der Waals surface area contributed by atoms with Gasteiger partial charge in [0.15, 0.2) is 0 Å². The van der Waals surface area contributed by atoms with Crippen molar-refractivity contribution in [1.29, 1.82) is 0 Å². The van der Waals surface area contributed by atoms with Crippen LogP contribution in [0.5, 0.6) is 0 Å². The molecule has 0 saturated carbocycles. The highest BCUT2D eigenvalue weighted by Gasteiger charge is 2.20. The Labute approximate surface area is 137 Å². The lowest BCUT2D eigenvalue weighted by Gasteiger charge is -2.19. The Kier molecular flexibility index (Phi) is 7.64. The van der Waals surface area contributed by atoms with Crippen LogP contribution in [-0.4, -0.2) is 44.5 Å². The van der Waals surface area contributed by atoms with E-state index in [2.05, 4.69) is 5.32 Å². The highest BCUT2D eigenvalue weighted by Crippen LogP contribution is 2.09. The fourth-order valence-corrected chi connectivity index (χ4v) is 2.80. The highest BCUT2D eigenvalue weighted by molar-refractivity contribution is 7.88. The minimum atomic E-state index is -3.53. The first-order valence-corrected chi connectivity index (χ1v) is 9.50. The van der Waals surface area contributed by atoms with Gasteiger partial charge in [-0.25, -0.2) is 12.8 Å². The van der Waals surface area contributed by atoms with Gasteiger partial charge in [-0.2, -0.15) is 4.31 Å². The summed E-state index contributed by atoms with van der Waals surface area (Å²) in [7, 11) is -3.53. The Bertz CT molecular complexity index is 618. The second-order valence-electron chi connectivity index (χ2n) is 5.97. The van der Waals surface area contributed by atoms with Gasteiger partial charge < -0.3 is 5.32 Å². The van der Waals surface area contributed by atoms with Crippen molar-refractivity contribution in [3.63, 3.8) is 0 Å². The van der Waals surface area contributed by atoms with Crippen molar-refractivity contribution >= 4 is 15.9 Å². The van der Waals surface area contributed by atoms with Crippen molar-refractivity contribution in [2.24, 2.45) is 5.92 Å². The standard InChI is InChI=1S/C16H25FN2O3S/c1-13(2)8-10-18-16(20)12-19(23(3,21)22)11-9-14-6-4-5-7-15(14)17/h4-7,13H,8-12H2,1-3H3,(H,18,20). The molecule has 7 heteroatoms. The molecule has 0 radical (unpaired) electrons. The first kappa shape index (κ1) is 19.6. The summed E-state index contributed by atoms with van der Waals surface area (Å²) in [5.41, 5.74) is 0.432. The zero-order chi connectivity index (χ0) is 17.5. The fourth-order valence-electron chi connectivity index (χ4n) is 2.02. The van der Waals surface area contributed by atoms with Crippen molar-refractivity contribution in [2.75, 3.05) is 25.9 Å². The van der Waals surface area contributed by atoms with Crippen LogP contribution in [0.15, 0.2) is 24.3 Å². The second kappa shape index (κ2) is 8.98. The molecule has 0 aliphatic rings. The molecular formula is C16H25FN2O3S. The average molecular weight is 344 g/mol. The van der Waals surface area contributed by atoms with Crippen LogP contribution in [0.25, 0.3) is 0 Å². The maximum absolute atomic E-state index is 13.6. The molecule has 0 aliphatic carbocycles. The van der Waals surface area contributed by atoms with Gasteiger partial charge >= 0.3 is 0 Å². The number of sulfonamides is 1. The maximum Gasteiger partial charge on any atom is 0.235 e. The average Bonchev–Trinajstić information content (AvgIpc) is 2.43. The molecular weight excluding hydrogens is 319 g/mol. The van der Waals surface area contributed by atoms with E-state index in [1.165, 1.54) is 6.07 Å². The van der Waals surface area contributed by atoms with Crippen molar-refractivity contribution in [2.45, 2.75) is 26.7 Å². The summed E-state index contributed by atoms with van der Waals surface area (Å²) in [6, 6.07) is 6.22. The van der Waals surface area contributed by atoms with E-state index in [1.54, 1.807) is 18.2 Å². The third kappa shape index (κ3) is 7.56. The van der Waals surface area contributed by atoms with Gasteiger partial charge in [0.25, 0.3) is 0 Å². The summed E-state index contributed by atoms with van der Waals surface area (Å²) in [5, 5.41) is 2.71. The van der Waals surface area contributed by atoms with Gasteiger partial charge in [-0.15, -0.1) is 0 Å². The Morgan fingerprint density at radius 1 is 1.30 bits per heavy atom. The van der Waals surface area contributed by atoms with Gasteiger partial charge in [-0.1, -0.05) is 32.0 Å². The molecule has 0 aromatic heterocycles. The lowest BCUT2D eigenvalue weighted by atomic mass is 10.1. The van der Waals surface area contributed by atoms with E-state index in [0.29, 0.717) is 18.0 Å².